The van der Waals surface area contributed by atoms with Crippen LogP contribution in [0.1, 0.15) is 6.92 Å². The molecule has 3 nitrogen and oxygen atoms in total. The Hall–Kier alpha value is -0.200. The smallest absolute Gasteiger partial charge is 0.177 e. The Labute approximate surface area is 77.2 Å². The van der Waals surface area contributed by atoms with Gasteiger partial charge >= 0.3 is 0 Å². The SMILES string of the molecule is CC(=O)CSc1n[nH]c(=S)s1. The van der Waals surface area contributed by atoms with E-state index < -0.39 is 0 Å². The fraction of sp³-hybridized carbons (Fsp3) is 0.400. The van der Waals surface area contributed by atoms with Crippen molar-refractivity contribution < 1.29 is 4.79 Å². The van der Waals surface area contributed by atoms with E-state index in [9.17, 15) is 4.79 Å². The zero-order valence-corrected chi connectivity index (χ0v) is 8.24. The Morgan fingerprint density at radius 1 is 1.91 bits per heavy atom. The molecule has 1 N–H and O–H groups in total. The van der Waals surface area contributed by atoms with Crippen LogP contribution in [0.5, 0.6) is 0 Å². The lowest BCUT2D eigenvalue weighted by atomic mass is 10.5. The van der Waals surface area contributed by atoms with Gasteiger partial charge in [-0.1, -0.05) is 23.1 Å². The Kier molecular flexibility index (Phi) is 3.22. The van der Waals surface area contributed by atoms with Gasteiger partial charge in [0.1, 0.15) is 5.78 Å². The van der Waals surface area contributed by atoms with Gasteiger partial charge in [0, 0.05) is 0 Å². The number of aromatic nitrogens is 2. The third kappa shape index (κ3) is 3.13. The van der Waals surface area contributed by atoms with Gasteiger partial charge in [0.25, 0.3) is 0 Å². The summed E-state index contributed by atoms with van der Waals surface area (Å²) in [7, 11) is 0. The summed E-state index contributed by atoms with van der Waals surface area (Å²) >= 11 is 7.61. The lowest BCUT2D eigenvalue weighted by Gasteiger charge is -1.88. The Morgan fingerprint density at radius 3 is 3.09 bits per heavy atom. The maximum absolute atomic E-state index is 10.5. The van der Waals surface area contributed by atoms with Crippen molar-refractivity contribution in [3.8, 4) is 0 Å². The molecule has 0 radical (unpaired) electrons. The maximum atomic E-state index is 10.5. The van der Waals surface area contributed by atoms with E-state index >= 15 is 0 Å². The van der Waals surface area contributed by atoms with Gasteiger partial charge in [0.2, 0.25) is 0 Å². The second kappa shape index (κ2) is 3.99. The number of carbonyl (C=O) groups is 1. The van der Waals surface area contributed by atoms with Crippen LogP contribution in [-0.4, -0.2) is 21.7 Å². The predicted octanol–water partition coefficient (Wildman–Crippen LogP) is 1.88. The molecule has 1 heterocycles. The molecule has 11 heavy (non-hydrogen) atoms. The standard InChI is InChI=1S/C5H6N2OS3/c1-3(8)2-10-5-7-6-4(9)11-5/h2H2,1H3,(H,6,9). The van der Waals surface area contributed by atoms with E-state index in [1.165, 1.54) is 23.1 Å². The van der Waals surface area contributed by atoms with Crippen molar-refractivity contribution in [3.05, 3.63) is 3.95 Å². The number of nitrogens with zero attached hydrogens (tertiary/aromatic N) is 1. The van der Waals surface area contributed by atoms with E-state index in [0.717, 1.165) is 4.34 Å². The van der Waals surface area contributed by atoms with Gasteiger partial charge in [-0.2, -0.15) is 5.10 Å². The summed E-state index contributed by atoms with van der Waals surface area (Å²) in [5.74, 6) is 0.618. The summed E-state index contributed by atoms with van der Waals surface area (Å²) < 4.78 is 1.47. The van der Waals surface area contributed by atoms with Crippen molar-refractivity contribution >= 4 is 41.1 Å². The molecule has 0 amide bonds. The maximum Gasteiger partial charge on any atom is 0.177 e. The summed E-state index contributed by atoms with van der Waals surface area (Å²) in [6, 6.07) is 0. The van der Waals surface area contributed by atoms with Crippen molar-refractivity contribution in [2.75, 3.05) is 5.75 Å². The molecule has 1 aromatic heterocycles. The number of ketones is 1. The van der Waals surface area contributed by atoms with Gasteiger partial charge in [0.15, 0.2) is 8.29 Å². The van der Waals surface area contributed by atoms with Gasteiger partial charge in [-0.3, -0.25) is 9.89 Å². The summed E-state index contributed by atoms with van der Waals surface area (Å²) in [5, 5.41) is 6.53. The molecule has 0 fully saturated rings. The Morgan fingerprint density at radius 2 is 2.64 bits per heavy atom. The lowest BCUT2D eigenvalue weighted by Crippen LogP contribution is -1.92. The molecule has 0 atom stereocenters. The molecule has 0 saturated heterocycles. The highest BCUT2D eigenvalue weighted by molar-refractivity contribution is 8.01. The quantitative estimate of drug-likeness (QED) is 0.606. The highest BCUT2D eigenvalue weighted by Crippen LogP contribution is 2.19. The minimum Gasteiger partial charge on any atom is -0.299 e. The summed E-state index contributed by atoms with van der Waals surface area (Å²) in [4.78, 5) is 10.5. The summed E-state index contributed by atoms with van der Waals surface area (Å²) in [6.45, 7) is 1.55. The molecular formula is C5H6N2OS3. The highest BCUT2D eigenvalue weighted by Gasteiger charge is 1.99. The Bertz CT molecular complexity index is 303. The van der Waals surface area contributed by atoms with Crippen LogP contribution in [-0.2, 0) is 4.79 Å². The van der Waals surface area contributed by atoms with Crippen molar-refractivity contribution in [2.24, 2.45) is 0 Å². The van der Waals surface area contributed by atoms with E-state index in [4.69, 9.17) is 12.2 Å². The third-order valence-electron chi connectivity index (χ3n) is 0.817. The minimum atomic E-state index is 0.149. The fourth-order valence-electron chi connectivity index (χ4n) is 0.441. The van der Waals surface area contributed by atoms with Crippen molar-refractivity contribution in [2.45, 2.75) is 11.3 Å². The first kappa shape index (κ1) is 8.89. The second-order valence-electron chi connectivity index (χ2n) is 1.87. The summed E-state index contributed by atoms with van der Waals surface area (Å²) in [5.41, 5.74) is 0. The van der Waals surface area contributed by atoms with Gasteiger partial charge in [-0.05, 0) is 19.1 Å². The van der Waals surface area contributed by atoms with E-state index in [-0.39, 0.29) is 5.78 Å². The number of H-pyrrole nitrogens is 1. The molecule has 0 aromatic carbocycles. The number of hydrogen-bond acceptors (Lipinski definition) is 5. The van der Waals surface area contributed by atoms with Gasteiger partial charge < -0.3 is 0 Å². The first-order chi connectivity index (χ1) is 5.18. The van der Waals surface area contributed by atoms with Crippen LogP contribution in [0, 0.1) is 3.95 Å². The molecule has 0 bridgehead atoms. The molecule has 6 heteroatoms. The van der Waals surface area contributed by atoms with Crippen LogP contribution in [0.25, 0.3) is 0 Å². The number of nitrogens with one attached hydrogen (secondary N) is 1. The van der Waals surface area contributed by atoms with Crippen molar-refractivity contribution in [1.82, 2.24) is 10.2 Å². The first-order valence-corrected chi connectivity index (χ1v) is 5.07. The van der Waals surface area contributed by atoms with Gasteiger partial charge in [0.05, 0.1) is 5.75 Å². The molecule has 0 unspecified atom stereocenters. The van der Waals surface area contributed by atoms with Crippen LogP contribution in [0.4, 0.5) is 0 Å². The zero-order valence-electron chi connectivity index (χ0n) is 5.79. The van der Waals surface area contributed by atoms with Crippen LogP contribution in [0.15, 0.2) is 4.34 Å². The molecule has 0 aliphatic heterocycles. The monoisotopic (exact) mass is 206 g/mol. The number of Topliss-reactive ketones (excluding diaryl/α,β-unsaturated/α-hetero) is 1. The van der Waals surface area contributed by atoms with E-state index in [1.54, 1.807) is 6.92 Å². The number of carbonyl (C=O) groups excluding carboxylic acids is 1. The van der Waals surface area contributed by atoms with Crippen LogP contribution >= 0.6 is 35.3 Å². The Balaban J connectivity index is 2.51. The van der Waals surface area contributed by atoms with Gasteiger partial charge in [-0.15, -0.1) is 0 Å². The minimum absolute atomic E-state index is 0.149. The predicted molar refractivity (Wildman–Crippen MR) is 48.7 cm³/mol. The van der Waals surface area contributed by atoms with Crippen molar-refractivity contribution in [3.63, 3.8) is 0 Å². The molecule has 0 spiro atoms. The highest BCUT2D eigenvalue weighted by atomic mass is 32.2. The normalized spacial score (nSPS) is 9.91. The fourth-order valence-corrected chi connectivity index (χ4v) is 2.32. The lowest BCUT2D eigenvalue weighted by molar-refractivity contribution is -0.114. The third-order valence-corrected chi connectivity index (χ3v) is 3.19. The number of thioether (sulfide) groups is 1. The molecule has 1 rings (SSSR count). The first-order valence-electron chi connectivity index (χ1n) is 2.86. The zero-order chi connectivity index (χ0) is 8.27. The van der Waals surface area contributed by atoms with Gasteiger partial charge in [-0.25, -0.2) is 0 Å². The number of hydrogen-bond donors (Lipinski definition) is 1. The van der Waals surface area contributed by atoms with Crippen LogP contribution < -0.4 is 0 Å². The van der Waals surface area contributed by atoms with E-state index in [1.807, 2.05) is 0 Å². The average Bonchev–Trinajstić information content (AvgIpc) is 2.31. The van der Waals surface area contributed by atoms with Crippen LogP contribution in [0.2, 0.25) is 0 Å². The molecule has 0 aliphatic carbocycles. The largest absolute Gasteiger partial charge is 0.299 e. The number of aromatic amines is 1. The average molecular weight is 206 g/mol. The summed E-state index contributed by atoms with van der Waals surface area (Å²) in [6.07, 6.45) is 0. The second-order valence-corrected chi connectivity index (χ2v) is 4.76. The molecule has 60 valence electrons. The molecule has 0 aliphatic rings. The molecule has 1 aromatic rings. The van der Waals surface area contributed by atoms with Crippen LogP contribution in [0.3, 0.4) is 0 Å². The molecule has 0 saturated carbocycles. The van der Waals surface area contributed by atoms with Crippen molar-refractivity contribution in [1.29, 1.82) is 0 Å². The molecular weight excluding hydrogens is 200 g/mol. The van der Waals surface area contributed by atoms with E-state index in [2.05, 4.69) is 10.2 Å². The topological polar surface area (TPSA) is 45.8 Å². The number of rotatable bonds is 3. The van der Waals surface area contributed by atoms with E-state index in [0.29, 0.717) is 9.71 Å².